The van der Waals surface area contributed by atoms with Gasteiger partial charge in [-0.2, -0.15) is 0 Å². The van der Waals surface area contributed by atoms with Crippen LogP contribution in [-0.2, 0) is 9.59 Å². The van der Waals surface area contributed by atoms with Gasteiger partial charge in [0.1, 0.15) is 0 Å². The molecule has 0 radical (unpaired) electrons. The molecule has 4 aliphatic rings. The van der Waals surface area contributed by atoms with Crippen molar-refractivity contribution in [2.24, 2.45) is 17.3 Å². The first-order valence-electron chi connectivity index (χ1n) is 10.0. The molecule has 2 N–H and O–H groups in total. The number of amides is 2. The number of halogens is 1. The molecule has 0 unspecified atom stereocenters. The van der Waals surface area contributed by atoms with Gasteiger partial charge < -0.3 is 10.6 Å². The summed E-state index contributed by atoms with van der Waals surface area (Å²) in [6.45, 7) is 6.03. The van der Waals surface area contributed by atoms with Crippen molar-refractivity contribution >= 4 is 29.1 Å². The molecule has 5 heteroatoms. The molecule has 0 saturated heterocycles. The van der Waals surface area contributed by atoms with Gasteiger partial charge in [0.25, 0.3) is 0 Å². The van der Waals surface area contributed by atoms with Crippen molar-refractivity contribution < 1.29 is 9.59 Å². The maximum Gasteiger partial charge on any atom is 0.243 e. The first kappa shape index (κ1) is 18.8. The Morgan fingerprint density at radius 3 is 2.22 bits per heavy atom. The summed E-state index contributed by atoms with van der Waals surface area (Å²) in [5.74, 6) is 0.986. The van der Waals surface area contributed by atoms with Crippen LogP contribution in [0, 0.1) is 38.0 Å². The molecular weight excluding hydrogens is 360 g/mol. The zero-order valence-electron chi connectivity index (χ0n) is 16.5. The number of hydrogen-bond donors (Lipinski definition) is 2. The summed E-state index contributed by atoms with van der Waals surface area (Å²) < 4.78 is 0. The number of carbonyl (C=O) groups excluding carboxylic acids is 2. The molecular formula is C22H29ClN2O2. The number of carbonyl (C=O) groups is 2. The number of nitrogens with one attached hydrogen (secondary N) is 2. The monoisotopic (exact) mass is 388 g/mol. The van der Waals surface area contributed by atoms with Crippen LogP contribution < -0.4 is 10.6 Å². The van der Waals surface area contributed by atoms with Crippen LogP contribution in [-0.4, -0.2) is 23.2 Å². The lowest BCUT2D eigenvalue weighted by atomic mass is 9.49. The van der Waals surface area contributed by atoms with Gasteiger partial charge in [-0.25, -0.2) is 0 Å². The molecule has 146 valence electrons. The molecule has 4 nitrogen and oxygen atoms in total. The zero-order valence-corrected chi connectivity index (χ0v) is 17.2. The minimum absolute atomic E-state index is 0.0119. The van der Waals surface area contributed by atoms with Gasteiger partial charge in [0, 0.05) is 10.6 Å². The Hall–Kier alpha value is -1.55. The summed E-state index contributed by atoms with van der Waals surface area (Å²) in [5, 5.41) is 5.88. The largest absolute Gasteiger partial charge is 0.347 e. The van der Waals surface area contributed by atoms with Crippen molar-refractivity contribution in [2.45, 2.75) is 64.2 Å². The smallest absolute Gasteiger partial charge is 0.243 e. The molecule has 27 heavy (non-hydrogen) atoms. The molecule has 5 rings (SSSR count). The molecule has 0 spiro atoms. The molecule has 4 bridgehead atoms. The lowest BCUT2D eigenvalue weighted by Gasteiger charge is -2.59. The highest BCUT2D eigenvalue weighted by atomic mass is 35.5. The van der Waals surface area contributed by atoms with E-state index in [-0.39, 0.29) is 28.6 Å². The summed E-state index contributed by atoms with van der Waals surface area (Å²) in [7, 11) is 0. The van der Waals surface area contributed by atoms with Crippen LogP contribution in [0.1, 0.15) is 55.2 Å². The maximum absolute atomic E-state index is 13.0. The van der Waals surface area contributed by atoms with Gasteiger partial charge in [0.2, 0.25) is 11.8 Å². The molecule has 1 aromatic carbocycles. The van der Waals surface area contributed by atoms with Gasteiger partial charge in [-0.05, 0) is 82.3 Å². The van der Waals surface area contributed by atoms with Gasteiger partial charge in [-0.1, -0.05) is 17.7 Å². The highest BCUT2D eigenvalue weighted by Crippen LogP contribution is 2.63. The molecule has 0 heterocycles. The van der Waals surface area contributed by atoms with Crippen molar-refractivity contribution in [3.63, 3.8) is 0 Å². The number of aryl methyl sites for hydroxylation is 3. The Bertz CT molecular complexity index is 766. The van der Waals surface area contributed by atoms with E-state index in [1.54, 1.807) is 0 Å². The van der Waals surface area contributed by atoms with E-state index in [9.17, 15) is 9.59 Å². The summed E-state index contributed by atoms with van der Waals surface area (Å²) in [5.41, 5.74) is 3.74. The van der Waals surface area contributed by atoms with E-state index in [0.29, 0.717) is 11.8 Å². The van der Waals surface area contributed by atoms with Gasteiger partial charge in [-0.15, -0.1) is 11.6 Å². The molecule has 1 aromatic rings. The van der Waals surface area contributed by atoms with E-state index in [2.05, 4.69) is 22.8 Å². The van der Waals surface area contributed by atoms with Crippen LogP contribution in [0.15, 0.2) is 12.1 Å². The van der Waals surface area contributed by atoms with Crippen LogP contribution in [0.25, 0.3) is 0 Å². The second kappa shape index (κ2) is 6.51. The third-order valence-electron chi connectivity index (χ3n) is 6.82. The standard InChI is InChI=1S/C22H29ClN2O2/c1-13-4-14(2)19(15(3)5-13)25-18(26)11-24-20(27)21-7-16-6-17(8-21)10-22(23,9-16)12-21/h4-5,16-17H,6-12H2,1-3H3,(H,24,27)(H,25,26)/t16-,17-,21?,22?/m1/s1. The number of anilines is 1. The van der Waals surface area contributed by atoms with E-state index in [0.717, 1.165) is 48.9 Å². The summed E-state index contributed by atoms with van der Waals surface area (Å²) in [6.07, 6.45) is 5.94. The van der Waals surface area contributed by atoms with E-state index in [4.69, 9.17) is 11.6 Å². The zero-order chi connectivity index (χ0) is 19.4. The number of hydrogen-bond acceptors (Lipinski definition) is 2. The number of benzene rings is 1. The highest BCUT2D eigenvalue weighted by molar-refractivity contribution is 6.24. The summed E-state index contributed by atoms with van der Waals surface area (Å²) in [6, 6.07) is 4.10. The van der Waals surface area contributed by atoms with Crippen molar-refractivity contribution in [2.75, 3.05) is 11.9 Å². The van der Waals surface area contributed by atoms with E-state index >= 15 is 0 Å². The van der Waals surface area contributed by atoms with Crippen molar-refractivity contribution in [3.8, 4) is 0 Å². The molecule has 0 aliphatic heterocycles. The van der Waals surface area contributed by atoms with E-state index in [1.165, 1.54) is 12.0 Å². The minimum atomic E-state index is -0.359. The Balaban J connectivity index is 1.39. The molecule has 4 aliphatic carbocycles. The average Bonchev–Trinajstić information content (AvgIpc) is 2.53. The fraction of sp³-hybridized carbons (Fsp3) is 0.636. The molecule has 4 fully saturated rings. The second-order valence-electron chi connectivity index (χ2n) is 9.40. The molecule has 2 atom stereocenters. The summed E-state index contributed by atoms with van der Waals surface area (Å²) in [4.78, 5) is 25.3. The van der Waals surface area contributed by atoms with E-state index in [1.807, 2.05) is 20.8 Å². The van der Waals surface area contributed by atoms with Gasteiger partial charge in [0.15, 0.2) is 0 Å². The van der Waals surface area contributed by atoms with Crippen molar-refractivity contribution in [1.29, 1.82) is 0 Å². The Morgan fingerprint density at radius 2 is 1.67 bits per heavy atom. The Labute approximate surface area is 166 Å². The Kier molecular flexibility index (Phi) is 4.53. The lowest BCUT2D eigenvalue weighted by molar-refractivity contribution is -0.145. The quantitative estimate of drug-likeness (QED) is 0.758. The SMILES string of the molecule is Cc1cc(C)c(NC(=O)CNC(=O)C23C[C@H]4C[C@@H](CC(Cl)(C4)C2)C3)c(C)c1. The predicted octanol–water partition coefficient (Wildman–Crippen LogP) is 4.24. The van der Waals surface area contributed by atoms with Crippen LogP contribution in [0.2, 0.25) is 0 Å². The van der Waals surface area contributed by atoms with Crippen LogP contribution >= 0.6 is 11.6 Å². The molecule has 4 saturated carbocycles. The van der Waals surface area contributed by atoms with Crippen LogP contribution in [0.5, 0.6) is 0 Å². The lowest BCUT2D eigenvalue weighted by Crippen LogP contribution is -2.58. The topological polar surface area (TPSA) is 58.2 Å². The maximum atomic E-state index is 13.0. The fourth-order valence-electron chi connectivity index (χ4n) is 6.33. The molecule has 2 amide bonds. The average molecular weight is 389 g/mol. The van der Waals surface area contributed by atoms with Gasteiger partial charge >= 0.3 is 0 Å². The first-order chi connectivity index (χ1) is 12.7. The number of alkyl halides is 1. The van der Waals surface area contributed by atoms with Crippen LogP contribution in [0.4, 0.5) is 5.69 Å². The van der Waals surface area contributed by atoms with Crippen molar-refractivity contribution in [3.05, 3.63) is 28.8 Å². The third kappa shape index (κ3) is 3.49. The predicted molar refractivity (Wildman–Crippen MR) is 108 cm³/mol. The Morgan fingerprint density at radius 1 is 1.07 bits per heavy atom. The highest BCUT2D eigenvalue weighted by Gasteiger charge is 2.60. The van der Waals surface area contributed by atoms with Gasteiger partial charge in [-0.3, -0.25) is 9.59 Å². The summed E-state index contributed by atoms with van der Waals surface area (Å²) >= 11 is 6.82. The second-order valence-corrected chi connectivity index (χ2v) is 10.2. The minimum Gasteiger partial charge on any atom is -0.347 e. The third-order valence-corrected chi connectivity index (χ3v) is 7.26. The first-order valence-corrected chi connectivity index (χ1v) is 10.4. The normalized spacial score (nSPS) is 33.8. The number of rotatable bonds is 4. The molecule has 0 aromatic heterocycles. The van der Waals surface area contributed by atoms with Crippen molar-refractivity contribution in [1.82, 2.24) is 5.32 Å². The van der Waals surface area contributed by atoms with E-state index < -0.39 is 0 Å². The fourth-order valence-corrected chi connectivity index (χ4v) is 7.02. The van der Waals surface area contributed by atoms with Crippen LogP contribution in [0.3, 0.4) is 0 Å². The van der Waals surface area contributed by atoms with Gasteiger partial charge in [0.05, 0.1) is 12.0 Å².